The second kappa shape index (κ2) is 9.58. The van der Waals surface area contributed by atoms with Crippen LogP contribution in [0, 0.1) is 11.7 Å². The molecule has 1 saturated heterocycles. The summed E-state index contributed by atoms with van der Waals surface area (Å²) in [5.41, 5.74) is 2.63. The first-order chi connectivity index (χ1) is 17.1. The summed E-state index contributed by atoms with van der Waals surface area (Å²) in [6, 6.07) is 6.78. The van der Waals surface area contributed by atoms with Crippen LogP contribution in [0.1, 0.15) is 67.4 Å². The molecular weight excluding hydrogens is 505 g/mol. The van der Waals surface area contributed by atoms with Crippen molar-refractivity contribution in [3.05, 3.63) is 70.5 Å². The van der Waals surface area contributed by atoms with Crippen molar-refractivity contribution < 1.29 is 40.3 Å². The summed E-state index contributed by atoms with van der Waals surface area (Å²) in [6.07, 6.45) is -10.3. The van der Waals surface area contributed by atoms with Crippen LogP contribution in [0.2, 0.25) is 0 Å². The number of nitrogens with two attached hydrogens (primary N) is 1. The fourth-order valence-corrected chi connectivity index (χ4v) is 5.49. The SMILES string of the molecule is C[C@@H](O[C@H]1CCC(C2C[C@@](C)(N)C(=O)N2)C1c1ccc(F)cc1)c1cc(C(F)(F)F)cc(C(F)(F)F)c1. The standard InChI is InChI=1S/C26H27F7N2O2/c1-13(15-9-16(25(28,29)30)11-17(10-15)26(31,32)33)37-21-8-7-19(20-12-24(2,34)23(36)35-20)22(21)14-3-5-18(27)6-4-14/h3-6,9-11,13,19-22H,7-8,12,34H2,1-2H3,(H,35,36)/t13-,19?,20?,21+,22?,24-/m1/s1. The average Bonchev–Trinajstić information content (AvgIpc) is 3.32. The summed E-state index contributed by atoms with van der Waals surface area (Å²) in [5.74, 6) is -1.34. The minimum absolute atomic E-state index is 0.0791. The maximum atomic E-state index is 13.6. The van der Waals surface area contributed by atoms with E-state index in [0.717, 1.165) is 0 Å². The van der Waals surface area contributed by atoms with Gasteiger partial charge in [0.25, 0.3) is 0 Å². The van der Waals surface area contributed by atoms with Gasteiger partial charge in [-0.3, -0.25) is 4.79 Å². The molecule has 2 aromatic carbocycles. The van der Waals surface area contributed by atoms with E-state index in [-0.39, 0.29) is 29.5 Å². The van der Waals surface area contributed by atoms with Gasteiger partial charge in [0.1, 0.15) is 5.82 Å². The first-order valence-electron chi connectivity index (χ1n) is 11.9. The number of hydrogen-bond donors (Lipinski definition) is 2. The Morgan fingerprint density at radius 2 is 1.57 bits per heavy atom. The van der Waals surface area contributed by atoms with Crippen molar-refractivity contribution >= 4 is 5.91 Å². The number of ether oxygens (including phenoxy) is 1. The average molecular weight is 533 g/mol. The lowest BCUT2D eigenvalue weighted by atomic mass is 9.81. The molecule has 11 heteroatoms. The number of nitrogens with one attached hydrogen (secondary N) is 1. The van der Waals surface area contributed by atoms with Crippen molar-refractivity contribution in [2.24, 2.45) is 11.7 Å². The summed E-state index contributed by atoms with van der Waals surface area (Å²) < 4.78 is 99.9. The normalized spacial score (nSPS) is 29.4. The fraction of sp³-hybridized carbons (Fsp3) is 0.500. The van der Waals surface area contributed by atoms with Crippen molar-refractivity contribution in [3.8, 4) is 0 Å². The Hall–Kier alpha value is -2.66. The van der Waals surface area contributed by atoms with Crippen LogP contribution in [-0.4, -0.2) is 23.6 Å². The monoisotopic (exact) mass is 532 g/mol. The molecule has 1 aliphatic heterocycles. The molecule has 202 valence electrons. The summed E-state index contributed by atoms with van der Waals surface area (Å²) in [6.45, 7) is 3.02. The molecule has 1 saturated carbocycles. The van der Waals surface area contributed by atoms with Gasteiger partial charge in [-0.1, -0.05) is 12.1 Å². The van der Waals surface area contributed by atoms with E-state index in [1.54, 1.807) is 19.1 Å². The lowest BCUT2D eigenvalue weighted by Gasteiger charge is -2.31. The van der Waals surface area contributed by atoms with E-state index in [1.165, 1.54) is 19.1 Å². The minimum atomic E-state index is -4.97. The second-order valence-electron chi connectivity index (χ2n) is 10.2. The van der Waals surface area contributed by atoms with Crippen LogP contribution in [0.4, 0.5) is 30.7 Å². The third-order valence-corrected chi connectivity index (χ3v) is 7.36. The van der Waals surface area contributed by atoms with Gasteiger partial charge in [-0.25, -0.2) is 4.39 Å². The van der Waals surface area contributed by atoms with Crippen LogP contribution < -0.4 is 11.1 Å². The fourth-order valence-electron chi connectivity index (χ4n) is 5.49. The van der Waals surface area contributed by atoms with Gasteiger partial charge in [-0.15, -0.1) is 0 Å². The molecule has 1 amide bonds. The van der Waals surface area contributed by atoms with Gasteiger partial charge in [0.2, 0.25) is 5.91 Å². The highest BCUT2D eigenvalue weighted by Crippen LogP contribution is 2.47. The highest BCUT2D eigenvalue weighted by molar-refractivity contribution is 5.88. The zero-order chi connectivity index (χ0) is 27.3. The van der Waals surface area contributed by atoms with Crippen LogP contribution in [0.5, 0.6) is 0 Å². The molecule has 4 nitrogen and oxygen atoms in total. The number of carbonyl (C=O) groups is 1. The van der Waals surface area contributed by atoms with Gasteiger partial charge < -0.3 is 15.8 Å². The van der Waals surface area contributed by atoms with E-state index in [1.807, 2.05) is 0 Å². The maximum Gasteiger partial charge on any atom is 0.416 e. The minimum Gasteiger partial charge on any atom is -0.370 e. The quantitative estimate of drug-likeness (QED) is 0.457. The second-order valence-corrected chi connectivity index (χ2v) is 10.2. The molecule has 1 aliphatic carbocycles. The molecule has 0 spiro atoms. The Morgan fingerprint density at radius 1 is 1.00 bits per heavy atom. The van der Waals surface area contributed by atoms with E-state index >= 15 is 0 Å². The Labute approximate surface area is 209 Å². The summed E-state index contributed by atoms with van der Waals surface area (Å²) in [7, 11) is 0. The molecule has 1 heterocycles. The molecule has 0 radical (unpaired) electrons. The smallest absolute Gasteiger partial charge is 0.370 e. The van der Waals surface area contributed by atoms with Gasteiger partial charge in [0, 0.05) is 12.0 Å². The molecule has 2 aliphatic rings. The van der Waals surface area contributed by atoms with Crippen molar-refractivity contribution in [2.75, 3.05) is 0 Å². The molecule has 6 atom stereocenters. The Morgan fingerprint density at radius 3 is 2.05 bits per heavy atom. The molecule has 0 bridgehead atoms. The predicted octanol–water partition coefficient (Wildman–Crippen LogP) is 6.11. The Kier molecular flexibility index (Phi) is 7.09. The van der Waals surface area contributed by atoms with Gasteiger partial charge >= 0.3 is 12.4 Å². The lowest BCUT2D eigenvalue weighted by Crippen LogP contribution is -2.43. The first-order valence-corrected chi connectivity index (χ1v) is 11.9. The predicted molar refractivity (Wildman–Crippen MR) is 121 cm³/mol. The van der Waals surface area contributed by atoms with E-state index in [4.69, 9.17) is 10.5 Å². The number of hydrogen-bond acceptors (Lipinski definition) is 3. The van der Waals surface area contributed by atoms with Crippen molar-refractivity contribution in [1.29, 1.82) is 0 Å². The van der Waals surface area contributed by atoms with Crippen LogP contribution in [-0.2, 0) is 21.9 Å². The molecule has 3 N–H and O–H groups in total. The molecule has 2 aromatic rings. The Bertz CT molecular complexity index is 1110. The van der Waals surface area contributed by atoms with Gasteiger partial charge in [-0.2, -0.15) is 26.3 Å². The van der Waals surface area contributed by atoms with Gasteiger partial charge in [-0.05, 0) is 80.5 Å². The van der Waals surface area contributed by atoms with E-state index in [2.05, 4.69) is 5.32 Å². The molecule has 37 heavy (non-hydrogen) atoms. The van der Waals surface area contributed by atoms with Crippen molar-refractivity contribution in [2.45, 2.75) is 75.2 Å². The molecule has 0 aromatic heterocycles. The third kappa shape index (κ3) is 5.77. The van der Waals surface area contributed by atoms with Crippen LogP contribution in [0.15, 0.2) is 42.5 Å². The van der Waals surface area contributed by atoms with E-state index in [0.29, 0.717) is 37.0 Å². The van der Waals surface area contributed by atoms with Crippen LogP contribution in [0.25, 0.3) is 0 Å². The number of halogens is 7. The summed E-state index contributed by atoms with van der Waals surface area (Å²) in [4.78, 5) is 12.3. The maximum absolute atomic E-state index is 13.6. The van der Waals surface area contributed by atoms with Crippen molar-refractivity contribution in [1.82, 2.24) is 5.32 Å². The first kappa shape index (κ1) is 27.4. The number of amides is 1. The third-order valence-electron chi connectivity index (χ3n) is 7.36. The van der Waals surface area contributed by atoms with Crippen molar-refractivity contribution in [3.63, 3.8) is 0 Å². The zero-order valence-electron chi connectivity index (χ0n) is 20.1. The van der Waals surface area contributed by atoms with E-state index in [9.17, 15) is 35.5 Å². The molecular formula is C26H27F7N2O2. The van der Waals surface area contributed by atoms with Gasteiger partial charge in [0.15, 0.2) is 0 Å². The number of rotatable bonds is 5. The topological polar surface area (TPSA) is 64.3 Å². The number of benzene rings is 2. The van der Waals surface area contributed by atoms with Gasteiger partial charge in [0.05, 0.1) is 28.9 Å². The number of alkyl halides is 6. The van der Waals surface area contributed by atoms with Crippen LogP contribution >= 0.6 is 0 Å². The number of carbonyl (C=O) groups excluding carboxylic acids is 1. The summed E-state index contributed by atoms with van der Waals surface area (Å²) >= 11 is 0. The summed E-state index contributed by atoms with van der Waals surface area (Å²) in [5, 5.41) is 2.91. The van der Waals surface area contributed by atoms with E-state index < -0.39 is 53.0 Å². The largest absolute Gasteiger partial charge is 0.416 e. The highest BCUT2D eigenvalue weighted by Gasteiger charge is 2.49. The lowest BCUT2D eigenvalue weighted by molar-refractivity contribution is -0.143. The van der Waals surface area contributed by atoms with Crippen LogP contribution in [0.3, 0.4) is 0 Å². The zero-order valence-corrected chi connectivity index (χ0v) is 20.1. The molecule has 2 fully saturated rings. The molecule has 3 unspecified atom stereocenters. The molecule has 4 rings (SSSR count). The Balaban J connectivity index is 1.65. The highest BCUT2D eigenvalue weighted by atomic mass is 19.4.